The maximum Gasteiger partial charge on any atom is 0.128 e. The van der Waals surface area contributed by atoms with Gasteiger partial charge < -0.3 is 4.90 Å². The van der Waals surface area contributed by atoms with Gasteiger partial charge in [0.2, 0.25) is 0 Å². The fourth-order valence-corrected chi connectivity index (χ4v) is 4.36. The van der Waals surface area contributed by atoms with E-state index < -0.39 is 6.17 Å². The zero-order valence-corrected chi connectivity index (χ0v) is 14.8. The van der Waals surface area contributed by atoms with E-state index in [1.165, 1.54) is 0 Å². The SMILES string of the molecule is F[C@@H]1CCCN(c2ccc(-c3nc4ccc(Br)cc4s3)cn2)C1. The van der Waals surface area contributed by atoms with Crippen LogP contribution in [-0.2, 0) is 0 Å². The summed E-state index contributed by atoms with van der Waals surface area (Å²) >= 11 is 5.14. The van der Waals surface area contributed by atoms with E-state index in [9.17, 15) is 4.39 Å². The summed E-state index contributed by atoms with van der Waals surface area (Å²) in [6.45, 7) is 1.32. The predicted molar refractivity (Wildman–Crippen MR) is 96.9 cm³/mol. The molecule has 2 aromatic heterocycles. The van der Waals surface area contributed by atoms with Crippen molar-refractivity contribution in [3.05, 3.63) is 41.0 Å². The number of rotatable bonds is 2. The Balaban J connectivity index is 1.61. The molecule has 1 aromatic carbocycles. The molecule has 0 amide bonds. The summed E-state index contributed by atoms with van der Waals surface area (Å²) in [6, 6.07) is 10.1. The average Bonchev–Trinajstić information content (AvgIpc) is 2.98. The number of thiazole rings is 1. The molecule has 23 heavy (non-hydrogen) atoms. The van der Waals surface area contributed by atoms with Crippen LogP contribution >= 0.6 is 27.3 Å². The summed E-state index contributed by atoms with van der Waals surface area (Å²) in [5, 5.41) is 0.958. The van der Waals surface area contributed by atoms with Gasteiger partial charge in [0, 0.05) is 22.8 Å². The second-order valence-electron chi connectivity index (χ2n) is 5.72. The first-order chi connectivity index (χ1) is 11.2. The molecule has 1 aliphatic rings. The lowest BCUT2D eigenvalue weighted by Gasteiger charge is -2.29. The van der Waals surface area contributed by atoms with Crippen molar-refractivity contribution in [2.24, 2.45) is 0 Å². The van der Waals surface area contributed by atoms with Crippen LogP contribution in [0.4, 0.5) is 10.2 Å². The molecule has 1 atom stereocenters. The Labute approximate surface area is 146 Å². The minimum Gasteiger partial charge on any atom is -0.354 e. The van der Waals surface area contributed by atoms with Crippen LogP contribution in [0.15, 0.2) is 41.0 Å². The average molecular weight is 392 g/mol. The number of nitrogens with zero attached hydrogens (tertiary/aromatic N) is 3. The molecule has 6 heteroatoms. The third-order valence-corrected chi connectivity index (χ3v) is 5.59. The van der Waals surface area contributed by atoms with E-state index in [4.69, 9.17) is 0 Å². The van der Waals surface area contributed by atoms with Crippen molar-refractivity contribution >= 4 is 43.3 Å². The number of piperidine rings is 1. The molecule has 0 unspecified atom stereocenters. The van der Waals surface area contributed by atoms with Gasteiger partial charge in [0.1, 0.15) is 17.0 Å². The van der Waals surface area contributed by atoms with Gasteiger partial charge in [-0.2, -0.15) is 0 Å². The van der Waals surface area contributed by atoms with Crippen LogP contribution in [-0.4, -0.2) is 29.2 Å². The molecular formula is C17H15BrFN3S. The van der Waals surface area contributed by atoms with Crippen molar-refractivity contribution in [2.45, 2.75) is 19.0 Å². The number of benzene rings is 1. The Morgan fingerprint density at radius 2 is 2.17 bits per heavy atom. The van der Waals surface area contributed by atoms with E-state index in [-0.39, 0.29) is 0 Å². The van der Waals surface area contributed by atoms with Crippen LogP contribution in [0.2, 0.25) is 0 Å². The molecule has 3 nitrogen and oxygen atoms in total. The van der Waals surface area contributed by atoms with E-state index in [0.29, 0.717) is 13.0 Å². The third-order valence-electron chi connectivity index (χ3n) is 4.03. The molecule has 0 bridgehead atoms. The lowest BCUT2D eigenvalue weighted by molar-refractivity contribution is 0.286. The van der Waals surface area contributed by atoms with Gasteiger partial charge in [-0.15, -0.1) is 11.3 Å². The van der Waals surface area contributed by atoms with Crippen molar-refractivity contribution in [2.75, 3.05) is 18.0 Å². The monoisotopic (exact) mass is 391 g/mol. The van der Waals surface area contributed by atoms with Gasteiger partial charge in [-0.1, -0.05) is 15.9 Å². The molecule has 1 aliphatic heterocycles. The molecule has 0 N–H and O–H groups in total. The fraction of sp³-hybridized carbons (Fsp3) is 0.294. The Kier molecular flexibility index (Phi) is 4.03. The Bertz CT molecular complexity index is 833. The highest BCUT2D eigenvalue weighted by Gasteiger charge is 2.20. The highest BCUT2D eigenvalue weighted by atomic mass is 79.9. The highest BCUT2D eigenvalue weighted by Crippen LogP contribution is 2.32. The fourth-order valence-electron chi connectivity index (χ4n) is 2.85. The van der Waals surface area contributed by atoms with Crippen molar-refractivity contribution in [3.63, 3.8) is 0 Å². The van der Waals surface area contributed by atoms with Crippen molar-refractivity contribution in [1.29, 1.82) is 0 Å². The minimum absolute atomic E-state index is 0.446. The van der Waals surface area contributed by atoms with Gasteiger partial charge in [0.15, 0.2) is 0 Å². The maximum atomic E-state index is 13.5. The molecule has 3 aromatic rings. The van der Waals surface area contributed by atoms with E-state index in [1.54, 1.807) is 11.3 Å². The van der Waals surface area contributed by atoms with Gasteiger partial charge in [-0.25, -0.2) is 14.4 Å². The topological polar surface area (TPSA) is 29.0 Å². The first-order valence-electron chi connectivity index (χ1n) is 7.60. The summed E-state index contributed by atoms with van der Waals surface area (Å²) < 4.78 is 15.7. The molecule has 1 saturated heterocycles. The van der Waals surface area contributed by atoms with Crippen LogP contribution in [0.3, 0.4) is 0 Å². The first-order valence-corrected chi connectivity index (χ1v) is 9.21. The molecular weight excluding hydrogens is 377 g/mol. The van der Waals surface area contributed by atoms with E-state index in [2.05, 4.69) is 32.0 Å². The summed E-state index contributed by atoms with van der Waals surface area (Å²) in [4.78, 5) is 11.2. The van der Waals surface area contributed by atoms with E-state index >= 15 is 0 Å². The van der Waals surface area contributed by atoms with E-state index in [0.717, 1.165) is 44.0 Å². The number of anilines is 1. The third kappa shape index (κ3) is 3.10. The molecule has 4 rings (SSSR count). The lowest BCUT2D eigenvalue weighted by Crippen LogP contribution is -2.36. The molecule has 118 valence electrons. The Morgan fingerprint density at radius 3 is 2.96 bits per heavy atom. The van der Waals surface area contributed by atoms with Gasteiger partial charge >= 0.3 is 0 Å². The number of fused-ring (bicyclic) bond motifs is 1. The van der Waals surface area contributed by atoms with Crippen LogP contribution in [0, 0.1) is 0 Å². The zero-order valence-electron chi connectivity index (χ0n) is 12.4. The largest absolute Gasteiger partial charge is 0.354 e. The quantitative estimate of drug-likeness (QED) is 0.611. The van der Waals surface area contributed by atoms with Gasteiger partial charge in [-0.05, 0) is 43.2 Å². The number of pyridine rings is 1. The summed E-state index contributed by atoms with van der Waals surface area (Å²) in [5.74, 6) is 0.847. The zero-order chi connectivity index (χ0) is 15.8. The smallest absolute Gasteiger partial charge is 0.128 e. The highest BCUT2D eigenvalue weighted by molar-refractivity contribution is 9.10. The molecule has 0 spiro atoms. The number of hydrogen-bond acceptors (Lipinski definition) is 4. The molecule has 0 radical (unpaired) electrons. The molecule has 3 heterocycles. The van der Waals surface area contributed by atoms with Crippen molar-refractivity contribution in [1.82, 2.24) is 9.97 Å². The molecule has 0 aliphatic carbocycles. The number of alkyl halides is 1. The number of aromatic nitrogens is 2. The summed E-state index contributed by atoms with van der Waals surface area (Å²) in [7, 11) is 0. The van der Waals surface area contributed by atoms with Crippen molar-refractivity contribution < 1.29 is 4.39 Å². The lowest BCUT2D eigenvalue weighted by atomic mass is 10.1. The van der Waals surface area contributed by atoms with E-state index in [1.807, 2.05) is 35.4 Å². The summed E-state index contributed by atoms with van der Waals surface area (Å²) in [5.41, 5.74) is 1.99. The Morgan fingerprint density at radius 1 is 1.26 bits per heavy atom. The van der Waals surface area contributed by atoms with Crippen LogP contribution < -0.4 is 4.90 Å². The molecule has 1 fully saturated rings. The second-order valence-corrected chi connectivity index (χ2v) is 7.67. The predicted octanol–water partition coefficient (Wildman–Crippen LogP) is 5.06. The van der Waals surface area contributed by atoms with Gasteiger partial charge in [0.05, 0.1) is 16.8 Å². The molecule has 0 saturated carbocycles. The van der Waals surface area contributed by atoms with Gasteiger partial charge in [-0.3, -0.25) is 0 Å². The maximum absolute atomic E-state index is 13.5. The summed E-state index contributed by atoms with van der Waals surface area (Å²) in [6.07, 6.45) is 2.64. The number of halogens is 2. The van der Waals surface area contributed by atoms with Crippen LogP contribution in [0.5, 0.6) is 0 Å². The van der Waals surface area contributed by atoms with Crippen LogP contribution in [0.25, 0.3) is 20.8 Å². The van der Waals surface area contributed by atoms with Crippen LogP contribution in [0.1, 0.15) is 12.8 Å². The number of hydrogen-bond donors (Lipinski definition) is 0. The first kappa shape index (κ1) is 15.0. The Hall–Kier alpha value is -1.53. The van der Waals surface area contributed by atoms with Crippen molar-refractivity contribution in [3.8, 4) is 10.6 Å². The second kappa shape index (κ2) is 6.17. The normalized spacial score (nSPS) is 18.5. The minimum atomic E-state index is -0.743. The standard InChI is InChI=1S/C17H15BrFN3S/c18-12-4-5-14-15(8-12)23-17(21-14)11-3-6-16(20-9-11)22-7-1-2-13(19)10-22/h3-6,8-9,13H,1-2,7,10H2/t13-/m1/s1. The van der Waals surface area contributed by atoms with Gasteiger partial charge in [0.25, 0.3) is 0 Å².